The summed E-state index contributed by atoms with van der Waals surface area (Å²) in [5, 5.41) is 21.8. The molecular formula is C13H15FN2O5. The first-order chi connectivity index (χ1) is 9.79. The van der Waals surface area contributed by atoms with Gasteiger partial charge in [0, 0.05) is 0 Å². The highest BCUT2D eigenvalue weighted by Gasteiger charge is 2.23. The van der Waals surface area contributed by atoms with Gasteiger partial charge in [0.25, 0.3) is 0 Å². The fourth-order valence-corrected chi connectivity index (χ4v) is 1.63. The Balaban J connectivity index is 2.63. The largest absolute Gasteiger partial charge is 0.481 e. The molecule has 2 amide bonds. The Morgan fingerprint density at radius 3 is 2.43 bits per heavy atom. The number of carbonyl (C=O) groups is 3. The summed E-state index contributed by atoms with van der Waals surface area (Å²) < 4.78 is 13.1. The van der Waals surface area contributed by atoms with Gasteiger partial charge in [0.1, 0.15) is 11.9 Å². The number of benzene rings is 1. The molecule has 0 aliphatic rings. The Bertz CT molecular complexity index is 549. The van der Waals surface area contributed by atoms with Gasteiger partial charge in [-0.1, -0.05) is 12.1 Å². The number of nitrogens with one attached hydrogen (secondary N) is 2. The average Bonchev–Trinajstić information content (AvgIpc) is 2.37. The third-order valence-corrected chi connectivity index (χ3v) is 2.68. The average molecular weight is 298 g/mol. The smallest absolute Gasteiger partial charge is 0.326 e. The highest BCUT2D eigenvalue weighted by Crippen LogP contribution is 2.13. The SMILES string of the molecule is CC(NC(=O)NC(CC(=O)O)C(=O)O)c1cccc(F)c1. The topological polar surface area (TPSA) is 116 Å². The maximum atomic E-state index is 13.1. The highest BCUT2D eigenvalue weighted by atomic mass is 19.1. The third kappa shape index (κ3) is 5.47. The van der Waals surface area contributed by atoms with Crippen molar-refractivity contribution in [2.45, 2.75) is 25.4 Å². The predicted molar refractivity (Wildman–Crippen MR) is 70.2 cm³/mol. The summed E-state index contributed by atoms with van der Waals surface area (Å²) in [5.41, 5.74) is 0.496. The molecule has 0 radical (unpaired) electrons. The van der Waals surface area contributed by atoms with Gasteiger partial charge in [0.05, 0.1) is 12.5 Å². The van der Waals surface area contributed by atoms with Crippen molar-refractivity contribution in [1.29, 1.82) is 0 Å². The number of carbonyl (C=O) groups excluding carboxylic acids is 1. The monoisotopic (exact) mass is 298 g/mol. The molecule has 8 heteroatoms. The predicted octanol–water partition coefficient (Wildman–Crippen LogP) is 1.11. The lowest BCUT2D eigenvalue weighted by Gasteiger charge is -2.17. The van der Waals surface area contributed by atoms with Gasteiger partial charge >= 0.3 is 18.0 Å². The van der Waals surface area contributed by atoms with Gasteiger partial charge in [0.15, 0.2) is 0 Å². The van der Waals surface area contributed by atoms with Crippen molar-refractivity contribution in [3.05, 3.63) is 35.6 Å². The number of carboxylic acids is 2. The van der Waals surface area contributed by atoms with Crippen molar-refractivity contribution in [3.63, 3.8) is 0 Å². The summed E-state index contributed by atoms with van der Waals surface area (Å²) >= 11 is 0. The summed E-state index contributed by atoms with van der Waals surface area (Å²) in [5.74, 6) is -3.26. The number of hydrogen-bond donors (Lipinski definition) is 4. The van der Waals surface area contributed by atoms with Crippen LogP contribution >= 0.6 is 0 Å². The van der Waals surface area contributed by atoms with Crippen molar-refractivity contribution in [2.24, 2.45) is 0 Å². The molecule has 0 bridgehead atoms. The van der Waals surface area contributed by atoms with E-state index in [0.29, 0.717) is 5.56 Å². The van der Waals surface area contributed by atoms with E-state index in [0.717, 1.165) is 0 Å². The number of urea groups is 1. The quantitative estimate of drug-likeness (QED) is 0.628. The lowest BCUT2D eigenvalue weighted by molar-refractivity contribution is -0.145. The van der Waals surface area contributed by atoms with E-state index in [9.17, 15) is 18.8 Å². The minimum absolute atomic E-state index is 0.462. The van der Waals surface area contributed by atoms with Crippen molar-refractivity contribution in [3.8, 4) is 0 Å². The van der Waals surface area contributed by atoms with Crippen LogP contribution in [0.25, 0.3) is 0 Å². The first kappa shape index (κ1) is 16.4. The normalized spacial score (nSPS) is 13.0. The summed E-state index contributed by atoms with van der Waals surface area (Å²) in [6.45, 7) is 1.58. The number of halogens is 1. The summed E-state index contributed by atoms with van der Waals surface area (Å²) in [4.78, 5) is 33.0. The Morgan fingerprint density at radius 2 is 1.90 bits per heavy atom. The molecule has 0 aliphatic carbocycles. The molecule has 0 saturated carbocycles. The lowest BCUT2D eigenvalue weighted by Crippen LogP contribution is -2.47. The van der Waals surface area contributed by atoms with E-state index >= 15 is 0 Å². The van der Waals surface area contributed by atoms with E-state index in [4.69, 9.17) is 10.2 Å². The molecule has 0 saturated heterocycles. The van der Waals surface area contributed by atoms with E-state index in [-0.39, 0.29) is 0 Å². The number of hydrogen-bond acceptors (Lipinski definition) is 3. The maximum absolute atomic E-state index is 13.1. The second kappa shape index (κ2) is 7.22. The van der Waals surface area contributed by atoms with Crippen LogP contribution in [0.5, 0.6) is 0 Å². The van der Waals surface area contributed by atoms with E-state index in [1.807, 2.05) is 5.32 Å². The fraction of sp³-hybridized carbons (Fsp3) is 0.308. The molecule has 2 unspecified atom stereocenters. The van der Waals surface area contributed by atoms with Gasteiger partial charge in [-0.15, -0.1) is 0 Å². The first-order valence-corrected chi connectivity index (χ1v) is 6.06. The van der Waals surface area contributed by atoms with Gasteiger partial charge in [-0.2, -0.15) is 0 Å². The minimum Gasteiger partial charge on any atom is -0.481 e. The molecule has 4 N–H and O–H groups in total. The molecule has 114 valence electrons. The molecule has 1 aromatic rings. The van der Waals surface area contributed by atoms with E-state index in [1.54, 1.807) is 13.0 Å². The zero-order valence-corrected chi connectivity index (χ0v) is 11.2. The molecule has 0 spiro atoms. The van der Waals surface area contributed by atoms with Crippen LogP contribution in [0.15, 0.2) is 24.3 Å². The molecule has 0 heterocycles. The second-order valence-electron chi connectivity index (χ2n) is 4.38. The Labute approximate surface area is 119 Å². The van der Waals surface area contributed by atoms with E-state index in [2.05, 4.69) is 5.32 Å². The first-order valence-electron chi connectivity index (χ1n) is 6.06. The summed E-state index contributed by atoms with van der Waals surface area (Å²) in [7, 11) is 0. The van der Waals surface area contributed by atoms with Crippen molar-refractivity contribution in [1.82, 2.24) is 10.6 Å². The van der Waals surface area contributed by atoms with Crippen LogP contribution in [0.4, 0.5) is 9.18 Å². The summed E-state index contributed by atoms with van der Waals surface area (Å²) in [6.07, 6.45) is -0.739. The van der Waals surface area contributed by atoms with Crippen LogP contribution in [0, 0.1) is 5.82 Å². The standard InChI is InChI=1S/C13H15FN2O5/c1-7(8-3-2-4-9(14)5-8)15-13(21)16-10(12(19)20)6-11(17)18/h2-5,7,10H,6H2,1H3,(H,17,18)(H,19,20)(H2,15,16,21). The van der Waals surface area contributed by atoms with Crippen LogP contribution in [0.1, 0.15) is 24.9 Å². The van der Waals surface area contributed by atoms with Gasteiger partial charge in [0.2, 0.25) is 0 Å². The molecule has 1 rings (SSSR count). The van der Waals surface area contributed by atoms with Crippen LogP contribution in [-0.2, 0) is 9.59 Å². The third-order valence-electron chi connectivity index (χ3n) is 2.68. The van der Waals surface area contributed by atoms with Crippen LogP contribution in [0.2, 0.25) is 0 Å². The second-order valence-corrected chi connectivity index (χ2v) is 4.38. The van der Waals surface area contributed by atoms with Gasteiger partial charge in [-0.3, -0.25) is 4.79 Å². The van der Waals surface area contributed by atoms with Gasteiger partial charge in [-0.25, -0.2) is 14.0 Å². The van der Waals surface area contributed by atoms with Gasteiger partial charge < -0.3 is 20.8 Å². The Hall–Kier alpha value is -2.64. The number of rotatable bonds is 6. The molecule has 0 aromatic heterocycles. The van der Waals surface area contributed by atoms with Crippen LogP contribution < -0.4 is 10.6 Å². The summed E-state index contributed by atoms with van der Waals surface area (Å²) in [6, 6.07) is 2.61. The van der Waals surface area contributed by atoms with Crippen LogP contribution in [0.3, 0.4) is 0 Å². The zero-order valence-electron chi connectivity index (χ0n) is 11.2. The lowest BCUT2D eigenvalue weighted by atomic mass is 10.1. The van der Waals surface area contributed by atoms with E-state index in [1.165, 1.54) is 18.2 Å². The fourth-order valence-electron chi connectivity index (χ4n) is 1.63. The number of aliphatic carboxylic acids is 2. The van der Waals surface area contributed by atoms with Crippen molar-refractivity contribution >= 4 is 18.0 Å². The molecule has 0 aliphatic heterocycles. The Morgan fingerprint density at radius 1 is 1.24 bits per heavy atom. The zero-order chi connectivity index (χ0) is 16.0. The number of carboxylic acid groups (broad SMARTS) is 2. The molecular weight excluding hydrogens is 283 g/mol. The van der Waals surface area contributed by atoms with Gasteiger partial charge in [-0.05, 0) is 24.6 Å². The molecule has 0 fully saturated rings. The molecule has 21 heavy (non-hydrogen) atoms. The van der Waals surface area contributed by atoms with Crippen molar-refractivity contribution < 1.29 is 29.0 Å². The molecule has 7 nitrogen and oxygen atoms in total. The van der Waals surface area contributed by atoms with E-state index < -0.39 is 42.3 Å². The number of amides is 2. The molecule has 2 atom stereocenters. The minimum atomic E-state index is -1.54. The maximum Gasteiger partial charge on any atom is 0.326 e. The Kier molecular flexibility index (Phi) is 5.65. The molecule has 1 aromatic carbocycles. The van der Waals surface area contributed by atoms with Crippen molar-refractivity contribution in [2.75, 3.05) is 0 Å². The highest BCUT2D eigenvalue weighted by molar-refractivity contribution is 5.86. The van der Waals surface area contributed by atoms with Crippen LogP contribution in [-0.4, -0.2) is 34.2 Å².